The Labute approximate surface area is 115 Å². The van der Waals surface area contributed by atoms with Crippen molar-refractivity contribution in [2.75, 3.05) is 0 Å². The number of carbonyl (C=O) groups is 1. The molecule has 20 heavy (non-hydrogen) atoms. The summed E-state index contributed by atoms with van der Waals surface area (Å²) in [4.78, 5) is 11.7. The molecule has 1 fully saturated rings. The summed E-state index contributed by atoms with van der Waals surface area (Å²) in [6, 6.07) is 8.46. The molecule has 0 aromatic heterocycles. The van der Waals surface area contributed by atoms with Gasteiger partial charge in [0.1, 0.15) is 5.54 Å². The molecule has 0 radical (unpaired) electrons. The summed E-state index contributed by atoms with van der Waals surface area (Å²) in [5, 5.41) is 2.05. The van der Waals surface area contributed by atoms with E-state index in [1.165, 1.54) is 0 Å². The van der Waals surface area contributed by atoms with Gasteiger partial charge < -0.3 is 11.1 Å². The molecular weight excluding hydrogens is 269 g/mol. The molecule has 1 atom stereocenters. The fourth-order valence-electron chi connectivity index (χ4n) is 2.03. The van der Waals surface area contributed by atoms with Gasteiger partial charge in [-0.2, -0.15) is 13.2 Å². The zero-order chi connectivity index (χ0) is 14.8. The standard InChI is InChI=1S/C14H17F3N2O/c15-14(16,17)13(8-9-13)19-12(20)11(18)7-6-10-4-2-1-3-5-10/h1-5,11H,6-9,18H2,(H,19,20). The van der Waals surface area contributed by atoms with Crippen LogP contribution in [-0.2, 0) is 11.2 Å². The van der Waals surface area contributed by atoms with Crippen LogP contribution < -0.4 is 11.1 Å². The maximum Gasteiger partial charge on any atom is 0.411 e. The lowest BCUT2D eigenvalue weighted by Gasteiger charge is -2.22. The van der Waals surface area contributed by atoms with Gasteiger partial charge in [0, 0.05) is 0 Å². The predicted molar refractivity (Wildman–Crippen MR) is 68.9 cm³/mol. The van der Waals surface area contributed by atoms with Gasteiger partial charge >= 0.3 is 6.18 Å². The maximum absolute atomic E-state index is 12.7. The summed E-state index contributed by atoms with van der Waals surface area (Å²) < 4.78 is 38.1. The molecule has 1 aliphatic carbocycles. The van der Waals surface area contributed by atoms with E-state index in [1.54, 1.807) is 0 Å². The zero-order valence-electron chi connectivity index (χ0n) is 10.9. The van der Waals surface area contributed by atoms with Crippen LogP contribution in [0.4, 0.5) is 13.2 Å². The van der Waals surface area contributed by atoms with Crippen molar-refractivity contribution >= 4 is 5.91 Å². The number of hydrogen-bond donors (Lipinski definition) is 2. The largest absolute Gasteiger partial charge is 0.411 e. The van der Waals surface area contributed by atoms with Gasteiger partial charge in [-0.1, -0.05) is 30.3 Å². The molecule has 1 aromatic rings. The van der Waals surface area contributed by atoms with Crippen LogP contribution in [-0.4, -0.2) is 23.7 Å². The van der Waals surface area contributed by atoms with Crippen LogP contribution >= 0.6 is 0 Å². The molecule has 6 heteroatoms. The minimum Gasteiger partial charge on any atom is -0.341 e. The first-order valence-electron chi connectivity index (χ1n) is 6.52. The van der Waals surface area contributed by atoms with Crippen LogP contribution in [0.15, 0.2) is 30.3 Å². The van der Waals surface area contributed by atoms with Crippen molar-refractivity contribution in [3.63, 3.8) is 0 Å². The van der Waals surface area contributed by atoms with E-state index in [9.17, 15) is 18.0 Å². The van der Waals surface area contributed by atoms with Gasteiger partial charge in [0.2, 0.25) is 5.91 Å². The first-order chi connectivity index (χ1) is 9.34. The second-order valence-electron chi connectivity index (χ2n) is 5.20. The van der Waals surface area contributed by atoms with Crippen molar-refractivity contribution in [3.05, 3.63) is 35.9 Å². The van der Waals surface area contributed by atoms with Gasteiger partial charge in [0.25, 0.3) is 0 Å². The van der Waals surface area contributed by atoms with Gasteiger partial charge in [-0.15, -0.1) is 0 Å². The normalized spacial score (nSPS) is 18.4. The highest BCUT2D eigenvalue weighted by molar-refractivity contribution is 5.82. The molecule has 3 N–H and O–H groups in total. The summed E-state index contributed by atoms with van der Waals surface area (Å²) in [6.45, 7) is 0. The number of alkyl halides is 3. The Balaban J connectivity index is 1.84. The van der Waals surface area contributed by atoms with Crippen LogP contribution in [0.1, 0.15) is 24.8 Å². The fourth-order valence-corrected chi connectivity index (χ4v) is 2.03. The maximum atomic E-state index is 12.7. The van der Waals surface area contributed by atoms with Gasteiger partial charge in [-0.3, -0.25) is 4.79 Å². The number of nitrogens with one attached hydrogen (secondary N) is 1. The van der Waals surface area contributed by atoms with E-state index in [0.29, 0.717) is 12.8 Å². The first-order valence-corrected chi connectivity index (χ1v) is 6.52. The van der Waals surface area contributed by atoms with Crippen LogP contribution in [0.2, 0.25) is 0 Å². The molecule has 0 bridgehead atoms. The van der Waals surface area contributed by atoms with Crippen molar-refractivity contribution in [2.24, 2.45) is 5.73 Å². The lowest BCUT2D eigenvalue weighted by Crippen LogP contribution is -2.53. The van der Waals surface area contributed by atoms with E-state index in [-0.39, 0.29) is 12.8 Å². The number of nitrogens with two attached hydrogens (primary N) is 1. The average Bonchev–Trinajstić information content (AvgIpc) is 3.17. The molecule has 1 unspecified atom stereocenters. The van der Waals surface area contributed by atoms with Crippen molar-refractivity contribution in [1.29, 1.82) is 0 Å². The van der Waals surface area contributed by atoms with Crippen LogP contribution in [0.5, 0.6) is 0 Å². The Bertz CT molecular complexity index is 469. The quantitative estimate of drug-likeness (QED) is 0.871. The third kappa shape index (κ3) is 3.30. The lowest BCUT2D eigenvalue weighted by molar-refractivity contribution is -0.170. The third-order valence-corrected chi connectivity index (χ3v) is 3.58. The number of halogens is 3. The number of amides is 1. The van der Waals surface area contributed by atoms with E-state index in [4.69, 9.17) is 5.73 Å². The molecule has 2 rings (SSSR count). The van der Waals surface area contributed by atoms with Gasteiger partial charge in [0.15, 0.2) is 0 Å². The van der Waals surface area contributed by atoms with E-state index in [2.05, 4.69) is 5.32 Å². The minimum absolute atomic E-state index is 0.0619. The second-order valence-corrected chi connectivity index (χ2v) is 5.20. The summed E-state index contributed by atoms with van der Waals surface area (Å²) in [7, 11) is 0. The monoisotopic (exact) mass is 286 g/mol. The molecule has 3 nitrogen and oxygen atoms in total. The first kappa shape index (κ1) is 14.8. The molecular formula is C14H17F3N2O. The van der Waals surface area contributed by atoms with Crippen LogP contribution in [0.25, 0.3) is 0 Å². The van der Waals surface area contributed by atoms with Crippen molar-refractivity contribution in [2.45, 2.75) is 43.4 Å². The lowest BCUT2D eigenvalue weighted by atomic mass is 10.0. The summed E-state index contributed by atoms with van der Waals surface area (Å²) in [5.74, 6) is -0.726. The highest BCUT2D eigenvalue weighted by Crippen LogP contribution is 2.48. The molecule has 0 aliphatic heterocycles. The molecule has 1 aromatic carbocycles. The molecule has 0 saturated heterocycles. The Morgan fingerprint density at radius 3 is 2.40 bits per heavy atom. The Morgan fingerprint density at radius 2 is 1.90 bits per heavy atom. The van der Waals surface area contributed by atoms with Crippen molar-refractivity contribution in [3.8, 4) is 0 Å². The number of rotatable bonds is 5. The summed E-state index contributed by atoms with van der Waals surface area (Å²) in [5.41, 5.74) is 4.64. The van der Waals surface area contributed by atoms with Gasteiger partial charge in [0.05, 0.1) is 6.04 Å². The number of aryl methyl sites for hydroxylation is 1. The SMILES string of the molecule is NC(CCc1ccccc1)C(=O)NC1(C(F)(F)F)CC1. The molecule has 1 saturated carbocycles. The van der Waals surface area contributed by atoms with Gasteiger partial charge in [-0.05, 0) is 31.2 Å². The van der Waals surface area contributed by atoms with Gasteiger partial charge in [-0.25, -0.2) is 0 Å². The Hall–Kier alpha value is -1.56. The highest BCUT2D eigenvalue weighted by Gasteiger charge is 2.64. The topological polar surface area (TPSA) is 55.1 Å². The molecule has 110 valence electrons. The number of carbonyl (C=O) groups excluding carboxylic acids is 1. The average molecular weight is 286 g/mol. The molecule has 1 aliphatic rings. The number of benzene rings is 1. The van der Waals surface area contributed by atoms with Crippen LogP contribution in [0.3, 0.4) is 0 Å². The predicted octanol–water partition coefficient (Wildman–Crippen LogP) is 2.16. The third-order valence-electron chi connectivity index (χ3n) is 3.58. The fraction of sp³-hybridized carbons (Fsp3) is 0.500. The molecule has 0 heterocycles. The summed E-state index contributed by atoms with van der Waals surface area (Å²) >= 11 is 0. The smallest absolute Gasteiger partial charge is 0.341 e. The van der Waals surface area contributed by atoms with Crippen molar-refractivity contribution in [1.82, 2.24) is 5.32 Å². The minimum atomic E-state index is -4.40. The molecule has 0 spiro atoms. The van der Waals surface area contributed by atoms with Crippen molar-refractivity contribution < 1.29 is 18.0 Å². The zero-order valence-corrected chi connectivity index (χ0v) is 10.9. The number of hydrogen-bond acceptors (Lipinski definition) is 2. The second kappa shape index (κ2) is 5.44. The molecule has 1 amide bonds. The Kier molecular flexibility index (Phi) is 4.04. The van der Waals surface area contributed by atoms with E-state index in [0.717, 1.165) is 5.56 Å². The summed E-state index contributed by atoms with van der Waals surface area (Å²) in [6.07, 6.45) is -3.64. The Morgan fingerprint density at radius 1 is 1.30 bits per heavy atom. The highest BCUT2D eigenvalue weighted by atomic mass is 19.4. The van der Waals surface area contributed by atoms with E-state index in [1.807, 2.05) is 30.3 Å². The van der Waals surface area contributed by atoms with E-state index < -0.39 is 23.7 Å². The van der Waals surface area contributed by atoms with Crippen LogP contribution in [0, 0.1) is 0 Å². The van der Waals surface area contributed by atoms with E-state index >= 15 is 0 Å².